The van der Waals surface area contributed by atoms with Crippen molar-refractivity contribution in [2.24, 2.45) is 10.8 Å². The summed E-state index contributed by atoms with van der Waals surface area (Å²) in [7, 11) is 0. The third-order valence-electron chi connectivity index (χ3n) is 4.86. The lowest BCUT2D eigenvalue weighted by Gasteiger charge is -2.35. The predicted octanol–water partition coefficient (Wildman–Crippen LogP) is 2.86. The Morgan fingerprint density at radius 1 is 1.31 bits per heavy atom. The van der Waals surface area contributed by atoms with Gasteiger partial charge in [0.1, 0.15) is 0 Å². The van der Waals surface area contributed by atoms with Crippen molar-refractivity contribution < 1.29 is 4.79 Å². The number of ketones is 1. The van der Waals surface area contributed by atoms with Gasteiger partial charge in [-0.05, 0) is 37.2 Å². The highest BCUT2D eigenvalue weighted by Crippen LogP contribution is 2.68. The van der Waals surface area contributed by atoms with Crippen LogP contribution in [0.25, 0.3) is 0 Å². The van der Waals surface area contributed by atoms with Gasteiger partial charge in [0.25, 0.3) is 0 Å². The van der Waals surface area contributed by atoms with Gasteiger partial charge in [-0.15, -0.1) is 0 Å². The molecule has 0 aromatic rings. The number of rotatable bonds is 0. The van der Waals surface area contributed by atoms with Crippen LogP contribution in [-0.4, -0.2) is 5.78 Å². The lowest BCUT2D eigenvalue weighted by Crippen LogP contribution is -2.29. The molecule has 2 atom stereocenters. The minimum absolute atomic E-state index is 0.337. The normalized spacial score (nSPS) is 47.8. The van der Waals surface area contributed by atoms with E-state index < -0.39 is 0 Å². The molecule has 0 amide bonds. The van der Waals surface area contributed by atoms with Gasteiger partial charge in [0.15, 0.2) is 5.78 Å². The summed E-state index contributed by atoms with van der Waals surface area (Å²) in [4.78, 5) is 11.5. The van der Waals surface area contributed by atoms with Gasteiger partial charge in [0, 0.05) is 11.8 Å². The Labute approximate surface area is 79.2 Å². The molecule has 13 heavy (non-hydrogen) atoms. The summed E-state index contributed by atoms with van der Waals surface area (Å²) in [5.41, 5.74) is 2.31. The van der Waals surface area contributed by atoms with Crippen LogP contribution in [0.4, 0.5) is 0 Å². The molecular formula is C12H16O. The van der Waals surface area contributed by atoms with E-state index in [1.54, 1.807) is 0 Å². The van der Waals surface area contributed by atoms with Crippen molar-refractivity contribution >= 4 is 5.78 Å². The first kappa shape index (κ1) is 7.78. The molecule has 0 aromatic carbocycles. The van der Waals surface area contributed by atoms with Crippen LogP contribution in [0, 0.1) is 10.8 Å². The van der Waals surface area contributed by atoms with Gasteiger partial charge in [-0.1, -0.05) is 18.9 Å². The van der Waals surface area contributed by atoms with Crippen molar-refractivity contribution in [1.29, 1.82) is 0 Å². The van der Waals surface area contributed by atoms with Crippen LogP contribution in [0.1, 0.15) is 45.4 Å². The second-order valence-electron chi connectivity index (χ2n) is 5.31. The summed E-state index contributed by atoms with van der Waals surface area (Å²) in [5, 5.41) is 0. The summed E-state index contributed by atoms with van der Waals surface area (Å²) in [6.45, 7) is 2.40. The fraction of sp³-hybridized carbons (Fsp3) is 0.750. The first-order valence-corrected chi connectivity index (χ1v) is 5.40. The van der Waals surface area contributed by atoms with Crippen LogP contribution in [0.15, 0.2) is 11.6 Å². The first-order valence-electron chi connectivity index (χ1n) is 5.40. The summed E-state index contributed by atoms with van der Waals surface area (Å²) in [5.74, 6) is 0.392. The van der Waals surface area contributed by atoms with Crippen LogP contribution in [0.5, 0.6) is 0 Å². The van der Waals surface area contributed by atoms with Gasteiger partial charge in [-0.25, -0.2) is 0 Å². The molecule has 0 unspecified atom stereocenters. The minimum atomic E-state index is 0.337. The Balaban J connectivity index is 2.14. The van der Waals surface area contributed by atoms with Gasteiger partial charge in [0.05, 0.1) is 0 Å². The summed E-state index contributed by atoms with van der Waals surface area (Å²) < 4.78 is 0. The van der Waals surface area contributed by atoms with Gasteiger partial charge in [-0.3, -0.25) is 4.79 Å². The van der Waals surface area contributed by atoms with Crippen molar-refractivity contribution in [3.63, 3.8) is 0 Å². The highest BCUT2D eigenvalue weighted by molar-refractivity contribution is 5.95. The molecule has 2 saturated carbocycles. The third kappa shape index (κ3) is 0.722. The van der Waals surface area contributed by atoms with Gasteiger partial charge >= 0.3 is 0 Å². The van der Waals surface area contributed by atoms with Crippen LogP contribution in [0.3, 0.4) is 0 Å². The van der Waals surface area contributed by atoms with Crippen molar-refractivity contribution in [3.05, 3.63) is 11.6 Å². The summed E-state index contributed by atoms with van der Waals surface area (Å²) in [6.07, 6.45) is 9.27. The molecule has 3 rings (SSSR count). The van der Waals surface area contributed by atoms with E-state index >= 15 is 0 Å². The molecule has 0 aliphatic heterocycles. The number of hydrogen-bond acceptors (Lipinski definition) is 1. The Morgan fingerprint density at radius 2 is 2.15 bits per heavy atom. The van der Waals surface area contributed by atoms with E-state index in [1.807, 2.05) is 6.08 Å². The zero-order chi connectivity index (χ0) is 9.10. The minimum Gasteiger partial charge on any atom is -0.295 e. The van der Waals surface area contributed by atoms with Crippen molar-refractivity contribution in [2.75, 3.05) is 0 Å². The maximum atomic E-state index is 11.5. The molecule has 3 aliphatic rings. The topological polar surface area (TPSA) is 17.1 Å². The molecule has 0 aromatic heterocycles. The SMILES string of the molecule is C[C@@]12CCC[C@@]13CC(=O)C=C3CC2. The first-order chi connectivity index (χ1) is 6.16. The smallest absolute Gasteiger partial charge is 0.156 e. The molecule has 1 nitrogen and oxygen atoms in total. The highest BCUT2D eigenvalue weighted by atomic mass is 16.1. The molecule has 1 heteroatoms. The zero-order valence-electron chi connectivity index (χ0n) is 8.23. The van der Waals surface area contributed by atoms with E-state index in [4.69, 9.17) is 0 Å². The highest BCUT2D eigenvalue weighted by Gasteiger charge is 2.59. The third-order valence-corrected chi connectivity index (χ3v) is 4.86. The van der Waals surface area contributed by atoms with Crippen molar-refractivity contribution in [2.45, 2.75) is 45.4 Å². The lowest BCUT2D eigenvalue weighted by molar-refractivity contribution is -0.116. The zero-order valence-corrected chi connectivity index (χ0v) is 8.23. The van der Waals surface area contributed by atoms with E-state index in [2.05, 4.69) is 6.92 Å². The molecule has 2 fully saturated rings. The summed E-state index contributed by atoms with van der Waals surface area (Å²) in [6, 6.07) is 0. The monoisotopic (exact) mass is 176 g/mol. The second-order valence-corrected chi connectivity index (χ2v) is 5.31. The Kier molecular flexibility index (Phi) is 1.24. The average molecular weight is 176 g/mol. The number of carbonyl (C=O) groups is 1. The Bertz CT molecular complexity index is 315. The fourth-order valence-electron chi connectivity index (χ4n) is 4.05. The van der Waals surface area contributed by atoms with Crippen molar-refractivity contribution in [1.82, 2.24) is 0 Å². The quantitative estimate of drug-likeness (QED) is 0.554. The predicted molar refractivity (Wildman–Crippen MR) is 51.3 cm³/mol. The molecule has 0 bridgehead atoms. The van der Waals surface area contributed by atoms with Crippen LogP contribution in [-0.2, 0) is 4.79 Å². The summed E-state index contributed by atoms with van der Waals surface area (Å²) >= 11 is 0. The molecule has 0 radical (unpaired) electrons. The van der Waals surface area contributed by atoms with Gasteiger partial charge < -0.3 is 0 Å². The molecule has 0 saturated heterocycles. The maximum Gasteiger partial charge on any atom is 0.156 e. The number of carbonyl (C=O) groups excluding carboxylic acids is 1. The molecule has 0 N–H and O–H groups in total. The van der Waals surface area contributed by atoms with E-state index in [1.165, 1.54) is 37.7 Å². The van der Waals surface area contributed by atoms with Gasteiger partial charge in [0.2, 0.25) is 0 Å². The van der Waals surface area contributed by atoms with Crippen LogP contribution in [0.2, 0.25) is 0 Å². The van der Waals surface area contributed by atoms with Crippen LogP contribution >= 0.6 is 0 Å². The van der Waals surface area contributed by atoms with E-state index in [0.29, 0.717) is 16.6 Å². The molecular weight excluding hydrogens is 160 g/mol. The number of hydrogen-bond donors (Lipinski definition) is 0. The van der Waals surface area contributed by atoms with Crippen LogP contribution < -0.4 is 0 Å². The second kappa shape index (κ2) is 2.08. The largest absolute Gasteiger partial charge is 0.295 e. The molecule has 3 aliphatic carbocycles. The molecule has 70 valence electrons. The van der Waals surface area contributed by atoms with Gasteiger partial charge in [-0.2, -0.15) is 0 Å². The lowest BCUT2D eigenvalue weighted by atomic mass is 9.68. The molecule has 0 heterocycles. The van der Waals surface area contributed by atoms with Crippen molar-refractivity contribution in [3.8, 4) is 0 Å². The fourth-order valence-corrected chi connectivity index (χ4v) is 4.05. The Hall–Kier alpha value is -0.590. The maximum absolute atomic E-state index is 11.5. The van der Waals surface area contributed by atoms with E-state index in [9.17, 15) is 4.79 Å². The number of allylic oxidation sites excluding steroid dienone is 2. The van der Waals surface area contributed by atoms with E-state index in [-0.39, 0.29) is 0 Å². The average Bonchev–Trinajstić information content (AvgIpc) is 2.59. The molecule has 1 spiro atoms. The standard InChI is InChI=1S/C12H16O/c1-11-4-2-5-12(11)8-10(13)7-9(12)3-6-11/h7H,2-6,8H2,1H3/t11-,12-/m0/s1. The Morgan fingerprint density at radius 3 is 3.00 bits per heavy atom. The van der Waals surface area contributed by atoms with E-state index in [0.717, 1.165) is 6.42 Å².